The fourth-order valence-corrected chi connectivity index (χ4v) is 2.02. The third-order valence-corrected chi connectivity index (χ3v) is 2.47. The number of rotatable bonds is 2. The summed E-state index contributed by atoms with van der Waals surface area (Å²) in [7, 11) is -3.07. The van der Waals surface area contributed by atoms with E-state index in [1.165, 1.54) is 0 Å². The highest BCUT2D eigenvalue weighted by molar-refractivity contribution is 7.88. The summed E-state index contributed by atoms with van der Waals surface area (Å²) >= 11 is 0. The van der Waals surface area contributed by atoms with Crippen LogP contribution < -0.4 is 4.72 Å². The molecule has 0 radical (unpaired) electrons. The zero-order chi connectivity index (χ0) is 8.48. The van der Waals surface area contributed by atoms with Crippen molar-refractivity contribution in [2.75, 3.05) is 12.9 Å². The molecule has 0 aromatic carbocycles. The van der Waals surface area contributed by atoms with Crippen molar-refractivity contribution in [2.45, 2.75) is 25.5 Å². The molecule has 0 bridgehead atoms. The van der Waals surface area contributed by atoms with Crippen LogP contribution in [0, 0.1) is 0 Å². The van der Waals surface area contributed by atoms with Gasteiger partial charge in [-0.15, -0.1) is 0 Å². The van der Waals surface area contributed by atoms with Crippen molar-refractivity contribution < 1.29 is 13.2 Å². The topological polar surface area (TPSA) is 55.4 Å². The summed E-state index contributed by atoms with van der Waals surface area (Å²) in [6.07, 6.45) is 1.94. The molecule has 2 unspecified atom stereocenters. The summed E-state index contributed by atoms with van der Waals surface area (Å²) in [5.41, 5.74) is 0. The first kappa shape index (κ1) is 8.96. The molecule has 1 heterocycles. The van der Waals surface area contributed by atoms with Crippen LogP contribution in [0.15, 0.2) is 0 Å². The maximum absolute atomic E-state index is 10.8. The lowest BCUT2D eigenvalue weighted by Crippen LogP contribution is -2.38. The molecule has 5 heteroatoms. The van der Waals surface area contributed by atoms with Crippen molar-refractivity contribution in [3.63, 3.8) is 0 Å². The van der Waals surface area contributed by atoms with Crippen molar-refractivity contribution in [3.8, 4) is 0 Å². The summed E-state index contributed by atoms with van der Waals surface area (Å²) in [6.45, 7) is 2.52. The Bertz CT molecular complexity index is 224. The van der Waals surface area contributed by atoms with Gasteiger partial charge in [-0.3, -0.25) is 0 Å². The minimum atomic E-state index is -3.07. The maximum atomic E-state index is 10.8. The minimum absolute atomic E-state index is 0.00437. The summed E-state index contributed by atoms with van der Waals surface area (Å²) in [5.74, 6) is 0. The number of hydrogen-bond acceptors (Lipinski definition) is 3. The van der Waals surface area contributed by atoms with E-state index in [-0.39, 0.29) is 12.1 Å². The molecule has 0 saturated carbocycles. The second-order valence-electron chi connectivity index (χ2n) is 2.86. The van der Waals surface area contributed by atoms with E-state index < -0.39 is 10.0 Å². The van der Waals surface area contributed by atoms with E-state index in [4.69, 9.17) is 4.74 Å². The van der Waals surface area contributed by atoms with Gasteiger partial charge < -0.3 is 4.74 Å². The van der Waals surface area contributed by atoms with Gasteiger partial charge in [0.05, 0.1) is 12.4 Å². The van der Waals surface area contributed by atoms with E-state index in [1.54, 1.807) is 0 Å². The third kappa shape index (κ3) is 2.76. The summed E-state index contributed by atoms with van der Waals surface area (Å²) in [6, 6.07) is -0.0370. The highest BCUT2D eigenvalue weighted by atomic mass is 32.2. The molecule has 4 nitrogen and oxygen atoms in total. The zero-order valence-corrected chi connectivity index (χ0v) is 7.52. The van der Waals surface area contributed by atoms with E-state index in [0.717, 1.165) is 12.7 Å². The molecular formula is C6H13NO3S. The Balaban J connectivity index is 2.50. The predicted molar refractivity (Wildman–Crippen MR) is 41.8 cm³/mol. The third-order valence-electron chi connectivity index (χ3n) is 1.74. The van der Waals surface area contributed by atoms with Crippen LogP contribution in [0.2, 0.25) is 0 Å². The van der Waals surface area contributed by atoms with Crippen molar-refractivity contribution >= 4 is 10.0 Å². The smallest absolute Gasteiger partial charge is 0.209 e. The monoisotopic (exact) mass is 179 g/mol. The van der Waals surface area contributed by atoms with Crippen LogP contribution in [-0.4, -0.2) is 33.4 Å². The van der Waals surface area contributed by atoms with Crippen LogP contribution in [0.4, 0.5) is 0 Å². The van der Waals surface area contributed by atoms with E-state index in [1.807, 2.05) is 6.92 Å². The van der Waals surface area contributed by atoms with E-state index in [9.17, 15) is 8.42 Å². The zero-order valence-electron chi connectivity index (χ0n) is 6.70. The molecule has 66 valence electrons. The average molecular weight is 179 g/mol. The molecule has 0 aromatic rings. The molecule has 1 rings (SSSR count). The first-order chi connectivity index (χ1) is 4.99. The molecule has 1 aliphatic rings. The van der Waals surface area contributed by atoms with Crippen molar-refractivity contribution in [3.05, 3.63) is 0 Å². The SMILES string of the molecule is CC1OCCC1NS(C)(=O)=O. The Morgan fingerprint density at radius 1 is 1.55 bits per heavy atom. The van der Waals surface area contributed by atoms with Gasteiger partial charge in [0.15, 0.2) is 0 Å². The highest BCUT2D eigenvalue weighted by Crippen LogP contribution is 2.12. The summed E-state index contributed by atoms with van der Waals surface area (Å²) < 4.78 is 29.2. The molecule has 1 fully saturated rings. The van der Waals surface area contributed by atoms with Gasteiger partial charge in [0, 0.05) is 12.6 Å². The maximum Gasteiger partial charge on any atom is 0.209 e. The van der Waals surface area contributed by atoms with Crippen LogP contribution in [0.5, 0.6) is 0 Å². The fourth-order valence-electron chi connectivity index (χ4n) is 1.16. The second-order valence-corrected chi connectivity index (χ2v) is 4.64. The van der Waals surface area contributed by atoms with Crippen LogP contribution in [0.1, 0.15) is 13.3 Å². The second kappa shape index (κ2) is 3.08. The molecule has 0 amide bonds. The van der Waals surface area contributed by atoms with Gasteiger partial charge in [-0.25, -0.2) is 13.1 Å². The molecule has 0 spiro atoms. The van der Waals surface area contributed by atoms with Crippen molar-refractivity contribution in [2.24, 2.45) is 0 Å². The van der Waals surface area contributed by atoms with Gasteiger partial charge in [-0.05, 0) is 13.3 Å². The normalized spacial score (nSPS) is 32.5. The largest absolute Gasteiger partial charge is 0.377 e. The van der Waals surface area contributed by atoms with E-state index in [2.05, 4.69) is 4.72 Å². The average Bonchev–Trinajstić information content (AvgIpc) is 2.12. The predicted octanol–water partition coefficient (Wildman–Crippen LogP) is -0.287. The number of ether oxygens (including phenoxy) is 1. The van der Waals surface area contributed by atoms with Crippen molar-refractivity contribution in [1.29, 1.82) is 0 Å². The molecule has 2 atom stereocenters. The van der Waals surface area contributed by atoms with Crippen LogP contribution >= 0.6 is 0 Å². The van der Waals surface area contributed by atoms with Crippen molar-refractivity contribution in [1.82, 2.24) is 4.72 Å². The Morgan fingerprint density at radius 3 is 2.55 bits per heavy atom. The number of hydrogen-bond donors (Lipinski definition) is 1. The Kier molecular flexibility index (Phi) is 2.51. The standard InChI is InChI=1S/C6H13NO3S/c1-5-6(3-4-10-5)7-11(2,8)9/h5-7H,3-4H2,1-2H3. The Labute approximate surface area is 67.0 Å². The molecule has 1 N–H and O–H groups in total. The van der Waals surface area contributed by atoms with Gasteiger partial charge in [0.25, 0.3) is 0 Å². The van der Waals surface area contributed by atoms with Crippen LogP contribution in [-0.2, 0) is 14.8 Å². The lowest BCUT2D eigenvalue weighted by molar-refractivity contribution is 0.117. The number of sulfonamides is 1. The Hall–Kier alpha value is -0.130. The van der Waals surface area contributed by atoms with Gasteiger partial charge >= 0.3 is 0 Å². The molecule has 1 aliphatic heterocycles. The lowest BCUT2D eigenvalue weighted by Gasteiger charge is -2.13. The first-order valence-corrected chi connectivity index (χ1v) is 5.47. The van der Waals surface area contributed by atoms with Gasteiger partial charge in [-0.1, -0.05) is 0 Å². The number of nitrogens with one attached hydrogen (secondary N) is 1. The first-order valence-electron chi connectivity index (χ1n) is 3.58. The van der Waals surface area contributed by atoms with Crippen LogP contribution in [0.25, 0.3) is 0 Å². The van der Waals surface area contributed by atoms with Gasteiger partial charge in [0.2, 0.25) is 10.0 Å². The fraction of sp³-hybridized carbons (Fsp3) is 1.00. The van der Waals surface area contributed by atoms with E-state index in [0.29, 0.717) is 6.61 Å². The molecular weight excluding hydrogens is 166 g/mol. The van der Waals surface area contributed by atoms with Gasteiger partial charge in [-0.2, -0.15) is 0 Å². The van der Waals surface area contributed by atoms with E-state index >= 15 is 0 Å². The molecule has 0 aliphatic carbocycles. The minimum Gasteiger partial charge on any atom is -0.377 e. The molecule has 11 heavy (non-hydrogen) atoms. The molecule has 0 aromatic heterocycles. The quantitative estimate of drug-likeness (QED) is 0.634. The summed E-state index contributed by atoms with van der Waals surface area (Å²) in [4.78, 5) is 0. The van der Waals surface area contributed by atoms with Gasteiger partial charge in [0.1, 0.15) is 0 Å². The van der Waals surface area contributed by atoms with Crippen LogP contribution in [0.3, 0.4) is 0 Å². The summed E-state index contributed by atoms with van der Waals surface area (Å²) in [5, 5.41) is 0. The molecule has 1 saturated heterocycles. The Morgan fingerprint density at radius 2 is 2.18 bits per heavy atom. The lowest BCUT2D eigenvalue weighted by atomic mass is 10.2. The highest BCUT2D eigenvalue weighted by Gasteiger charge is 2.26.